The van der Waals surface area contributed by atoms with Crippen LogP contribution >= 0.6 is 0 Å². The summed E-state index contributed by atoms with van der Waals surface area (Å²) in [6.07, 6.45) is 8.07. The van der Waals surface area contributed by atoms with Crippen molar-refractivity contribution in [3.8, 4) is 0 Å². The van der Waals surface area contributed by atoms with Crippen molar-refractivity contribution in [2.45, 2.75) is 32.1 Å². The van der Waals surface area contributed by atoms with Gasteiger partial charge < -0.3 is 16.4 Å². The van der Waals surface area contributed by atoms with E-state index in [-0.39, 0.29) is 5.91 Å². The van der Waals surface area contributed by atoms with Crippen LogP contribution < -0.4 is 16.4 Å². The fraction of sp³-hybridized carbons (Fsp3) is 0.375. The number of amides is 3. The van der Waals surface area contributed by atoms with Crippen molar-refractivity contribution in [1.82, 2.24) is 5.32 Å². The van der Waals surface area contributed by atoms with Gasteiger partial charge in [-0.1, -0.05) is 11.6 Å². The van der Waals surface area contributed by atoms with Crippen LogP contribution in [0, 0.1) is 0 Å². The topological polar surface area (TPSA) is 84.2 Å². The molecule has 1 aromatic rings. The monoisotopic (exact) mass is 287 g/mol. The van der Waals surface area contributed by atoms with E-state index in [1.807, 2.05) is 0 Å². The van der Waals surface area contributed by atoms with Gasteiger partial charge >= 0.3 is 6.03 Å². The zero-order valence-electron chi connectivity index (χ0n) is 12.0. The third kappa shape index (κ3) is 4.95. The highest BCUT2D eigenvalue weighted by atomic mass is 16.2. The molecular formula is C16H21N3O2. The first-order valence-electron chi connectivity index (χ1n) is 7.28. The number of carbonyl (C=O) groups excluding carboxylic acids is 2. The second kappa shape index (κ2) is 7.47. The maximum Gasteiger partial charge on any atom is 0.316 e. The highest BCUT2D eigenvalue weighted by Crippen LogP contribution is 2.19. The fourth-order valence-electron chi connectivity index (χ4n) is 2.42. The first-order valence-corrected chi connectivity index (χ1v) is 7.28. The van der Waals surface area contributed by atoms with Crippen LogP contribution in [0.25, 0.3) is 0 Å². The van der Waals surface area contributed by atoms with Gasteiger partial charge in [0.2, 0.25) is 0 Å². The number of hydrogen-bond acceptors (Lipinski definition) is 2. The zero-order chi connectivity index (χ0) is 15.1. The number of primary amides is 1. The summed E-state index contributed by atoms with van der Waals surface area (Å²) in [5, 5.41) is 5.37. The summed E-state index contributed by atoms with van der Waals surface area (Å²) in [5.74, 6) is -0.1000. The molecule has 0 atom stereocenters. The fourth-order valence-corrected chi connectivity index (χ4v) is 2.42. The van der Waals surface area contributed by atoms with E-state index in [1.165, 1.54) is 18.4 Å². The van der Waals surface area contributed by atoms with Gasteiger partial charge in [-0.15, -0.1) is 0 Å². The standard InChI is InChI=1S/C16H21N3O2/c17-16(21)19-14-8-6-13(7-9-14)15(20)18-11-10-12-4-2-1-3-5-12/h4,6-9H,1-3,5,10-11H2,(H,18,20)(H3,17,19,21). The molecule has 2 rings (SSSR count). The lowest BCUT2D eigenvalue weighted by Gasteiger charge is -2.13. The molecule has 0 aliphatic heterocycles. The maximum absolute atomic E-state index is 12.0. The van der Waals surface area contributed by atoms with Crippen LogP contribution in [-0.2, 0) is 0 Å². The number of allylic oxidation sites excluding steroid dienone is 1. The minimum atomic E-state index is -0.618. The van der Waals surface area contributed by atoms with E-state index in [9.17, 15) is 9.59 Å². The van der Waals surface area contributed by atoms with Gasteiger partial charge in [0.25, 0.3) is 5.91 Å². The Balaban J connectivity index is 1.80. The molecule has 0 fully saturated rings. The molecule has 0 radical (unpaired) electrons. The Bertz CT molecular complexity index is 535. The predicted octanol–water partition coefficient (Wildman–Crippen LogP) is 2.80. The van der Waals surface area contributed by atoms with Crippen molar-refractivity contribution >= 4 is 17.6 Å². The van der Waals surface area contributed by atoms with Gasteiger partial charge in [0.1, 0.15) is 0 Å². The number of urea groups is 1. The average Bonchev–Trinajstić information content (AvgIpc) is 2.48. The number of rotatable bonds is 5. The second-order valence-electron chi connectivity index (χ2n) is 5.18. The quantitative estimate of drug-likeness (QED) is 0.727. The van der Waals surface area contributed by atoms with Crippen LogP contribution in [0.1, 0.15) is 42.5 Å². The highest BCUT2D eigenvalue weighted by Gasteiger charge is 2.07. The van der Waals surface area contributed by atoms with Gasteiger partial charge in [-0.25, -0.2) is 4.79 Å². The van der Waals surface area contributed by atoms with Crippen LogP contribution in [0.15, 0.2) is 35.9 Å². The zero-order valence-corrected chi connectivity index (χ0v) is 12.0. The first-order chi connectivity index (χ1) is 10.1. The number of anilines is 1. The van der Waals surface area contributed by atoms with E-state index in [1.54, 1.807) is 24.3 Å². The third-order valence-corrected chi connectivity index (χ3v) is 3.53. The van der Waals surface area contributed by atoms with Gasteiger partial charge in [-0.2, -0.15) is 0 Å². The molecule has 0 bridgehead atoms. The van der Waals surface area contributed by atoms with Crippen molar-refractivity contribution in [3.05, 3.63) is 41.5 Å². The minimum absolute atomic E-state index is 0.1000. The molecule has 21 heavy (non-hydrogen) atoms. The van der Waals surface area contributed by atoms with Crippen molar-refractivity contribution in [3.63, 3.8) is 0 Å². The van der Waals surface area contributed by atoms with Gasteiger partial charge in [0.05, 0.1) is 0 Å². The molecule has 1 aliphatic rings. The SMILES string of the molecule is NC(=O)Nc1ccc(C(=O)NCCC2=CCCCC2)cc1. The smallest absolute Gasteiger partial charge is 0.316 e. The van der Waals surface area contributed by atoms with Gasteiger partial charge in [0, 0.05) is 17.8 Å². The Morgan fingerprint density at radius 3 is 2.52 bits per heavy atom. The van der Waals surface area contributed by atoms with Crippen LogP contribution in [0.4, 0.5) is 10.5 Å². The van der Waals surface area contributed by atoms with Crippen LogP contribution in [0.2, 0.25) is 0 Å². The van der Waals surface area contributed by atoms with E-state index in [2.05, 4.69) is 16.7 Å². The largest absolute Gasteiger partial charge is 0.352 e. The minimum Gasteiger partial charge on any atom is -0.352 e. The van der Waals surface area contributed by atoms with Gasteiger partial charge in [0.15, 0.2) is 0 Å². The first kappa shape index (κ1) is 15.1. The molecule has 112 valence electrons. The van der Waals surface area contributed by atoms with Crippen LogP contribution in [0.3, 0.4) is 0 Å². The molecule has 5 heteroatoms. The average molecular weight is 287 g/mol. The molecule has 0 unspecified atom stereocenters. The van der Waals surface area contributed by atoms with Crippen molar-refractivity contribution in [1.29, 1.82) is 0 Å². The molecular weight excluding hydrogens is 266 g/mol. The van der Waals surface area contributed by atoms with Crippen molar-refractivity contribution in [2.24, 2.45) is 5.73 Å². The van der Waals surface area contributed by atoms with Gasteiger partial charge in [-0.05, 0) is 56.4 Å². The second-order valence-corrected chi connectivity index (χ2v) is 5.18. The van der Waals surface area contributed by atoms with Crippen molar-refractivity contribution < 1.29 is 9.59 Å². The van der Waals surface area contributed by atoms with Gasteiger partial charge in [-0.3, -0.25) is 4.79 Å². The molecule has 4 N–H and O–H groups in total. The van der Waals surface area contributed by atoms with E-state index in [4.69, 9.17) is 5.73 Å². The highest BCUT2D eigenvalue weighted by molar-refractivity contribution is 5.95. The molecule has 0 saturated carbocycles. The Labute approximate surface area is 124 Å². The molecule has 1 aliphatic carbocycles. The van der Waals surface area contributed by atoms with E-state index < -0.39 is 6.03 Å². The maximum atomic E-state index is 12.0. The van der Waals surface area contributed by atoms with Crippen LogP contribution in [0.5, 0.6) is 0 Å². The molecule has 5 nitrogen and oxygen atoms in total. The predicted molar refractivity (Wildman–Crippen MR) is 83.1 cm³/mol. The summed E-state index contributed by atoms with van der Waals surface area (Å²) in [6, 6.07) is 6.03. The summed E-state index contributed by atoms with van der Waals surface area (Å²) in [6.45, 7) is 0.659. The Morgan fingerprint density at radius 1 is 1.14 bits per heavy atom. The van der Waals surface area contributed by atoms with Crippen molar-refractivity contribution in [2.75, 3.05) is 11.9 Å². The molecule has 0 spiro atoms. The van der Waals surface area contributed by atoms with E-state index >= 15 is 0 Å². The van der Waals surface area contributed by atoms with E-state index in [0.717, 1.165) is 19.3 Å². The third-order valence-electron chi connectivity index (χ3n) is 3.53. The summed E-state index contributed by atoms with van der Waals surface area (Å²) in [5.41, 5.74) is 7.62. The summed E-state index contributed by atoms with van der Waals surface area (Å²) in [4.78, 5) is 22.7. The normalized spacial score (nSPS) is 14.2. The number of nitrogens with one attached hydrogen (secondary N) is 2. The Kier molecular flexibility index (Phi) is 5.37. The molecule has 1 aromatic carbocycles. The van der Waals surface area contributed by atoms with Crippen LogP contribution in [-0.4, -0.2) is 18.5 Å². The molecule has 0 saturated heterocycles. The number of benzene rings is 1. The summed E-state index contributed by atoms with van der Waals surface area (Å²) < 4.78 is 0. The summed E-state index contributed by atoms with van der Waals surface area (Å²) >= 11 is 0. The number of nitrogens with two attached hydrogens (primary N) is 1. The molecule has 3 amide bonds. The Morgan fingerprint density at radius 2 is 1.90 bits per heavy atom. The lowest BCUT2D eigenvalue weighted by molar-refractivity contribution is 0.0954. The summed E-state index contributed by atoms with van der Waals surface area (Å²) in [7, 11) is 0. The Hall–Kier alpha value is -2.30. The lowest BCUT2D eigenvalue weighted by atomic mass is 9.97. The molecule has 0 aromatic heterocycles. The van der Waals surface area contributed by atoms with E-state index in [0.29, 0.717) is 17.8 Å². The molecule has 0 heterocycles. The number of hydrogen-bond donors (Lipinski definition) is 3. The number of carbonyl (C=O) groups is 2. The lowest BCUT2D eigenvalue weighted by Crippen LogP contribution is -2.25.